The highest BCUT2D eigenvalue weighted by molar-refractivity contribution is 7.97. The summed E-state index contributed by atoms with van der Waals surface area (Å²) in [5, 5.41) is 12.5. The smallest absolute Gasteiger partial charge is 0.311 e. The number of nitrogens with one attached hydrogen (secondary N) is 1. The first-order valence-corrected chi connectivity index (χ1v) is 10.4. The van der Waals surface area contributed by atoms with Gasteiger partial charge >= 0.3 is 5.97 Å². The quantitative estimate of drug-likeness (QED) is 0.777. The number of aliphatic carboxylic acids is 1. The third-order valence-corrected chi connectivity index (χ3v) is 5.74. The Bertz CT molecular complexity index is 796. The predicted molar refractivity (Wildman–Crippen MR) is 103 cm³/mol. The van der Waals surface area contributed by atoms with E-state index in [-0.39, 0.29) is 19.0 Å². The van der Waals surface area contributed by atoms with E-state index in [0.717, 1.165) is 41.9 Å². The third kappa shape index (κ3) is 3.87. The lowest BCUT2D eigenvalue weighted by Gasteiger charge is -2.33. The highest BCUT2D eigenvalue weighted by atomic mass is 32.2. The molecule has 1 amide bonds. The van der Waals surface area contributed by atoms with E-state index >= 15 is 0 Å². The molecule has 1 aromatic heterocycles. The van der Waals surface area contributed by atoms with E-state index in [0.29, 0.717) is 12.8 Å². The van der Waals surface area contributed by atoms with Gasteiger partial charge in [-0.1, -0.05) is 31.4 Å². The number of rotatable bonds is 7. The van der Waals surface area contributed by atoms with E-state index in [4.69, 9.17) is 0 Å². The van der Waals surface area contributed by atoms with Crippen LogP contribution in [-0.4, -0.2) is 39.3 Å². The average Bonchev–Trinajstić information content (AvgIpc) is 2.98. The number of carbonyl (C=O) groups is 2. The fourth-order valence-corrected chi connectivity index (χ4v) is 4.18. The topological polar surface area (TPSA) is 84.2 Å². The van der Waals surface area contributed by atoms with E-state index in [1.165, 1.54) is 0 Å². The zero-order valence-electron chi connectivity index (χ0n) is 15.0. The molecule has 0 saturated heterocycles. The number of imidazole rings is 1. The van der Waals surface area contributed by atoms with Crippen molar-refractivity contribution in [2.75, 3.05) is 12.8 Å². The lowest BCUT2D eigenvalue weighted by Crippen LogP contribution is -2.45. The van der Waals surface area contributed by atoms with E-state index in [1.807, 2.05) is 35.1 Å². The third-order valence-electron chi connectivity index (χ3n) is 5.20. The van der Waals surface area contributed by atoms with Gasteiger partial charge < -0.3 is 15.0 Å². The summed E-state index contributed by atoms with van der Waals surface area (Å²) in [5.74, 6) is 0.621. The van der Waals surface area contributed by atoms with Crippen molar-refractivity contribution >= 4 is 34.7 Å². The largest absolute Gasteiger partial charge is 0.481 e. The lowest BCUT2D eigenvalue weighted by atomic mass is 9.74. The van der Waals surface area contributed by atoms with Gasteiger partial charge in [-0.25, -0.2) is 4.98 Å². The van der Waals surface area contributed by atoms with Crippen molar-refractivity contribution in [1.29, 1.82) is 0 Å². The van der Waals surface area contributed by atoms with Crippen LogP contribution in [0.5, 0.6) is 0 Å². The van der Waals surface area contributed by atoms with Crippen molar-refractivity contribution in [1.82, 2.24) is 14.9 Å². The second-order valence-corrected chi connectivity index (χ2v) is 7.82. The summed E-state index contributed by atoms with van der Waals surface area (Å²) in [6, 6.07) is 7.76. The number of aromatic nitrogens is 2. The Morgan fingerprint density at radius 3 is 2.69 bits per heavy atom. The van der Waals surface area contributed by atoms with Crippen LogP contribution in [0.4, 0.5) is 0 Å². The van der Waals surface area contributed by atoms with Gasteiger partial charge in [0.1, 0.15) is 12.4 Å². The molecule has 0 unspecified atom stereocenters. The van der Waals surface area contributed by atoms with Crippen molar-refractivity contribution in [3.63, 3.8) is 0 Å². The summed E-state index contributed by atoms with van der Waals surface area (Å²) in [6.45, 7) is 0.359. The second-order valence-electron chi connectivity index (χ2n) is 6.96. The van der Waals surface area contributed by atoms with Gasteiger partial charge in [0.2, 0.25) is 5.91 Å². The Hall–Kier alpha value is -2.02. The molecule has 0 spiro atoms. The Balaban J connectivity index is 1.73. The zero-order valence-corrected chi connectivity index (χ0v) is 15.8. The number of hydrogen-bond acceptors (Lipinski definition) is 4. The molecule has 0 bridgehead atoms. The molecule has 0 atom stereocenters. The monoisotopic (exact) mass is 375 g/mol. The van der Waals surface area contributed by atoms with E-state index < -0.39 is 11.4 Å². The first-order chi connectivity index (χ1) is 12.6. The number of amides is 1. The van der Waals surface area contributed by atoms with Crippen LogP contribution in [0, 0.1) is 5.41 Å². The van der Waals surface area contributed by atoms with Crippen LogP contribution in [0.15, 0.2) is 24.3 Å². The fraction of sp³-hybridized carbons (Fsp3) is 0.526. The van der Waals surface area contributed by atoms with Crippen LogP contribution in [0.2, 0.25) is 0 Å². The maximum atomic E-state index is 12.6. The van der Waals surface area contributed by atoms with Gasteiger partial charge in [-0.05, 0) is 31.2 Å². The molecule has 140 valence electrons. The van der Waals surface area contributed by atoms with Crippen molar-refractivity contribution in [2.45, 2.75) is 44.4 Å². The van der Waals surface area contributed by atoms with Gasteiger partial charge in [0.25, 0.3) is 0 Å². The Labute approximate surface area is 157 Å². The summed E-state index contributed by atoms with van der Waals surface area (Å²) in [7, 11) is 0. The molecule has 1 aromatic carbocycles. The molecule has 1 fully saturated rings. The highest BCUT2D eigenvalue weighted by Crippen LogP contribution is 2.36. The molecule has 0 aliphatic heterocycles. The van der Waals surface area contributed by atoms with E-state index in [2.05, 4.69) is 10.3 Å². The predicted octanol–water partition coefficient (Wildman–Crippen LogP) is 3.05. The van der Waals surface area contributed by atoms with Crippen LogP contribution >= 0.6 is 11.8 Å². The maximum absolute atomic E-state index is 12.6. The molecule has 0 radical (unpaired) electrons. The van der Waals surface area contributed by atoms with Crippen LogP contribution in [0.25, 0.3) is 11.0 Å². The fourth-order valence-electron chi connectivity index (χ4n) is 3.70. The molecule has 2 N–H and O–H groups in total. The SMILES string of the molecule is CSCc1nc2ccccc2n1CC(=O)NCC1(C(=O)O)CCCCC1. The first kappa shape index (κ1) is 18.8. The number of nitrogens with zero attached hydrogens (tertiary/aromatic N) is 2. The minimum absolute atomic E-state index is 0.159. The molecule has 26 heavy (non-hydrogen) atoms. The number of carboxylic acids is 1. The molecule has 3 rings (SSSR count). The van der Waals surface area contributed by atoms with Crippen molar-refractivity contribution in [3.8, 4) is 0 Å². The van der Waals surface area contributed by atoms with Crippen molar-refractivity contribution in [2.24, 2.45) is 5.41 Å². The number of thioether (sulfide) groups is 1. The van der Waals surface area contributed by atoms with Crippen LogP contribution in [-0.2, 0) is 21.9 Å². The number of benzene rings is 1. The highest BCUT2D eigenvalue weighted by Gasteiger charge is 2.39. The van der Waals surface area contributed by atoms with Crippen LogP contribution in [0.3, 0.4) is 0 Å². The van der Waals surface area contributed by atoms with Crippen molar-refractivity contribution in [3.05, 3.63) is 30.1 Å². The summed E-state index contributed by atoms with van der Waals surface area (Å²) < 4.78 is 1.93. The second kappa shape index (κ2) is 8.12. The number of carboxylic acid groups (broad SMARTS) is 1. The minimum Gasteiger partial charge on any atom is -0.481 e. The zero-order chi connectivity index (χ0) is 18.6. The minimum atomic E-state index is -0.812. The van der Waals surface area contributed by atoms with Gasteiger partial charge in [0.05, 0.1) is 22.2 Å². The van der Waals surface area contributed by atoms with Gasteiger partial charge in [-0.3, -0.25) is 9.59 Å². The molecule has 1 heterocycles. The molecule has 7 heteroatoms. The summed E-state index contributed by atoms with van der Waals surface area (Å²) >= 11 is 1.66. The molecule has 6 nitrogen and oxygen atoms in total. The molecule has 1 saturated carbocycles. The molecule has 1 aliphatic carbocycles. The molecule has 1 aliphatic rings. The number of para-hydroxylation sites is 2. The van der Waals surface area contributed by atoms with E-state index in [1.54, 1.807) is 11.8 Å². The Morgan fingerprint density at radius 1 is 1.27 bits per heavy atom. The Morgan fingerprint density at radius 2 is 2.00 bits per heavy atom. The van der Waals surface area contributed by atoms with Gasteiger partial charge in [0.15, 0.2) is 0 Å². The van der Waals surface area contributed by atoms with Crippen molar-refractivity contribution < 1.29 is 14.7 Å². The molecular formula is C19H25N3O3S. The summed E-state index contributed by atoms with van der Waals surface area (Å²) in [5.41, 5.74) is 0.989. The van der Waals surface area contributed by atoms with Gasteiger partial charge in [-0.2, -0.15) is 11.8 Å². The standard InChI is InChI=1S/C19H25N3O3S/c1-26-12-16-21-14-7-3-4-8-15(14)22(16)11-17(23)20-13-19(18(24)25)9-5-2-6-10-19/h3-4,7-8H,2,5-6,9-13H2,1H3,(H,20,23)(H,24,25). The number of carbonyl (C=O) groups excluding carboxylic acids is 1. The normalized spacial score (nSPS) is 16.5. The average molecular weight is 375 g/mol. The van der Waals surface area contributed by atoms with Crippen LogP contribution < -0.4 is 5.32 Å². The maximum Gasteiger partial charge on any atom is 0.311 e. The van der Waals surface area contributed by atoms with E-state index in [9.17, 15) is 14.7 Å². The number of hydrogen-bond donors (Lipinski definition) is 2. The summed E-state index contributed by atoms with van der Waals surface area (Å²) in [6.07, 6.45) is 6.16. The first-order valence-electron chi connectivity index (χ1n) is 8.99. The lowest BCUT2D eigenvalue weighted by molar-refractivity contribution is -0.151. The van der Waals surface area contributed by atoms with Gasteiger partial charge in [0, 0.05) is 6.54 Å². The Kier molecular flexibility index (Phi) is 5.86. The molecule has 2 aromatic rings. The number of fused-ring (bicyclic) bond motifs is 1. The summed E-state index contributed by atoms with van der Waals surface area (Å²) in [4.78, 5) is 28.9. The van der Waals surface area contributed by atoms with Gasteiger partial charge in [-0.15, -0.1) is 0 Å². The van der Waals surface area contributed by atoms with Crippen LogP contribution in [0.1, 0.15) is 37.9 Å². The molecular weight excluding hydrogens is 350 g/mol.